The molecule has 0 unspecified atom stereocenters. The van der Waals surface area contributed by atoms with Gasteiger partial charge in [-0.3, -0.25) is 0 Å². The molecule has 4 heteroatoms. The first-order valence-electron chi connectivity index (χ1n) is 3.54. The molecule has 0 heterocycles. The lowest BCUT2D eigenvalue weighted by Gasteiger charge is -2.06. The second kappa shape index (κ2) is 4.28. The molecule has 0 atom stereocenters. The first-order chi connectivity index (χ1) is 5.75. The SMILES string of the molecule is OCCNc1c(F)cccc1Cl. The Kier molecular flexibility index (Phi) is 3.31. The van der Waals surface area contributed by atoms with Crippen LogP contribution in [0.4, 0.5) is 10.1 Å². The van der Waals surface area contributed by atoms with E-state index in [2.05, 4.69) is 5.32 Å². The number of aliphatic hydroxyl groups is 1. The van der Waals surface area contributed by atoms with Crippen LogP contribution in [0.3, 0.4) is 0 Å². The Morgan fingerprint density at radius 2 is 2.25 bits per heavy atom. The molecule has 0 radical (unpaired) electrons. The van der Waals surface area contributed by atoms with E-state index in [1.165, 1.54) is 12.1 Å². The molecule has 0 spiro atoms. The number of para-hydroxylation sites is 1. The summed E-state index contributed by atoms with van der Waals surface area (Å²) in [6, 6.07) is 4.43. The predicted molar refractivity (Wildman–Crippen MR) is 47.0 cm³/mol. The number of anilines is 1. The summed E-state index contributed by atoms with van der Waals surface area (Å²) in [4.78, 5) is 0. The molecule has 1 aromatic carbocycles. The minimum absolute atomic E-state index is 0.0509. The van der Waals surface area contributed by atoms with Gasteiger partial charge in [0, 0.05) is 6.54 Å². The molecule has 2 nitrogen and oxygen atoms in total. The predicted octanol–water partition coefficient (Wildman–Crippen LogP) is 1.88. The molecule has 0 aliphatic rings. The highest BCUT2D eigenvalue weighted by Gasteiger charge is 2.04. The largest absolute Gasteiger partial charge is 0.395 e. The number of halogens is 2. The van der Waals surface area contributed by atoms with E-state index in [0.717, 1.165) is 0 Å². The molecule has 0 aromatic heterocycles. The summed E-state index contributed by atoms with van der Waals surface area (Å²) in [6.07, 6.45) is 0. The summed E-state index contributed by atoms with van der Waals surface area (Å²) < 4.78 is 12.9. The van der Waals surface area contributed by atoms with E-state index in [1.54, 1.807) is 6.07 Å². The summed E-state index contributed by atoms with van der Waals surface area (Å²) in [7, 11) is 0. The van der Waals surface area contributed by atoms with Gasteiger partial charge in [-0.2, -0.15) is 0 Å². The van der Waals surface area contributed by atoms with E-state index >= 15 is 0 Å². The van der Waals surface area contributed by atoms with Gasteiger partial charge in [-0.05, 0) is 12.1 Å². The molecular formula is C8H9ClFNO. The normalized spacial score (nSPS) is 9.92. The standard InChI is InChI=1S/C8H9ClFNO/c9-6-2-1-3-7(10)8(6)11-4-5-12/h1-3,11-12H,4-5H2. The highest BCUT2D eigenvalue weighted by atomic mass is 35.5. The van der Waals surface area contributed by atoms with Crippen molar-refractivity contribution in [3.8, 4) is 0 Å². The Balaban J connectivity index is 2.81. The average molecular weight is 190 g/mol. The Hall–Kier alpha value is -0.800. The second-order valence-electron chi connectivity index (χ2n) is 2.25. The number of hydrogen-bond acceptors (Lipinski definition) is 2. The lowest BCUT2D eigenvalue weighted by molar-refractivity contribution is 0.311. The van der Waals surface area contributed by atoms with E-state index in [9.17, 15) is 4.39 Å². The van der Waals surface area contributed by atoms with E-state index in [-0.39, 0.29) is 12.3 Å². The fraction of sp³-hybridized carbons (Fsp3) is 0.250. The third-order valence-electron chi connectivity index (χ3n) is 1.38. The van der Waals surface area contributed by atoms with Gasteiger partial charge in [0.2, 0.25) is 0 Å². The zero-order valence-corrected chi connectivity index (χ0v) is 7.11. The summed E-state index contributed by atoms with van der Waals surface area (Å²) in [6.45, 7) is 0.241. The Labute approximate surface area is 75.0 Å². The average Bonchev–Trinajstić information content (AvgIpc) is 2.04. The molecule has 2 N–H and O–H groups in total. The van der Waals surface area contributed by atoms with Crippen LogP contribution in [0.5, 0.6) is 0 Å². The van der Waals surface area contributed by atoms with Crippen LogP contribution >= 0.6 is 11.6 Å². The Morgan fingerprint density at radius 3 is 2.83 bits per heavy atom. The van der Waals surface area contributed by atoms with Crippen LogP contribution in [0.1, 0.15) is 0 Å². The highest BCUT2D eigenvalue weighted by Crippen LogP contribution is 2.23. The number of rotatable bonds is 3. The fourth-order valence-corrected chi connectivity index (χ4v) is 1.08. The van der Waals surface area contributed by atoms with Crippen LogP contribution in [0, 0.1) is 5.82 Å². The molecular weight excluding hydrogens is 181 g/mol. The van der Waals surface area contributed by atoms with Crippen molar-refractivity contribution in [3.05, 3.63) is 29.0 Å². The molecule has 0 bridgehead atoms. The molecule has 0 amide bonds. The van der Waals surface area contributed by atoms with Crippen LogP contribution in [-0.2, 0) is 0 Å². The summed E-state index contributed by atoms with van der Waals surface area (Å²) in [5.41, 5.74) is 0.244. The van der Waals surface area contributed by atoms with Crippen molar-refractivity contribution in [1.82, 2.24) is 0 Å². The molecule has 0 aliphatic carbocycles. The Morgan fingerprint density at radius 1 is 1.50 bits per heavy atom. The van der Waals surface area contributed by atoms with Gasteiger partial charge >= 0.3 is 0 Å². The molecule has 12 heavy (non-hydrogen) atoms. The van der Waals surface area contributed by atoms with Crippen LogP contribution in [0.15, 0.2) is 18.2 Å². The molecule has 1 rings (SSSR count). The maximum Gasteiger partial charge on any atom is 0.147 e. The van der Waals surface area contributed by atoms with Gasteiger partial charge in [0.1, 0.15) is 5.82 Å². The Bertz CT molecular complexity index is 247. The van der Waals surface area contributed by atoms with Crippen molar-refractivity contribution < 1.29 is 9.50 Å². The monoisotopic (exact) mass is 189 g/mol. The highest BCUT2D eigenvalue weighted by molar-refractivity contribution is 6.33. The molecule has 0 saturated heterocycles. The minimum Gasteiger partial charge on any atom is -0.395 e. The van der Waals surface area contributed by atoms with E-state index in [4.69, 9.17) is 16.7 Å². The van der Waals surface area contributed by atoms with Gasteiger partial charge in [-0.25, -0.2) is 4.39 Å². The third kappa shape index (κ3) is 2.09. The molecule has 0 saturated carbocycles. The topological polar surface area (TPSA) is 32.3 Å². The number of benzene rings is 1. The van der Waals surface area contributed by atoms with E-state index in [1.807, 2.05) is 0 Å². The van der Waals surface area contributed by atoms with Gasteiger partial charge < -0.3 is 10.4 Å². The van der Waals surface area contributed by atoms with Gasteiger partial charge in [0.15, 0.2) is 0 Å². The van der Waals surface area contributed by atoms with Crippen LogP contribution < -0.4 is 5.32 Å². The van der Waals surface area contributed by atoms with Crippen molar-refractivity contribution in [2.45, 2.75) is 0 Å². The molecule has 0 fully saturated rings. The fourth-order valence-electron chi connectivity index (χ4n) is 0.848. The van der Waals surface area contributed by atoms with Gasteiger partial charge in [-0.15, -0.1) is 0 Å². The zero-order chi connectivity index (χ0) is 8.97. The maximum absolute atomic E-state index is 12.9. The summed E-state index contributed by atoms with van der Waals surface area (Å²) in [5.74, 6) is -0.407. The van der Waals surface area contributed by atoms with Gasteiger partial charge in [0.05, 0.1) is 17.3 Å². The van der Waals surface area contributed by atoms with Crippen molar-refractivity contribution in [3.63, 3.8) is 0 Å². The maximum atomic E-state index is 12.9. The third-order valence-corrected chi connectivity index (χ3v) is 1.69. The van der Waals surface area contributed by atoms with Crippen LogP contribution in [0.2, 0.25) is 5.02 Å². The summed E-state index contributed by atoms with van der Waals surface area (Å²) >= 11 is 5.68. The second-order valence-corrected chi connectivity index (χ2v) is 2.65. The molecule has 66 valence electrons. The van der Waals surface area contributed by atoms with Crippen molar-refractivity contribution in [2.75, 3.05) is 18.5 Å². The van der Waals surface area contributed by atoms with Gasteiger partial charge in [-0.1, -0.05) is 17.7 Å². The minimum atomic E-state index is -0.407. The lowest BCUT2D eigenvalue weighted by atomic mass is 10.3. The van der Waals surface area contributed by atoms with E-state index in [0.29, 0.717) is 11.6 Å². The zero-order valence-electron chi connectivity index (χ0n) is 6.35. The summed E-state index contributed by atoms with van der Waals surface area (Å²) in [5, 5.41) is 11.5. The van der Waals surface area contributed by atoms with Crippen molar-refractivity contribution >= 4 is 17.3 Å². The smallest absolute Gasteiger partial charge is 0.147 e. The van der Waals surface area contributed by atoms with Crippen molar-refractivity contribution in [2.24, 2.45) is 0 Å². The van der Waals surface area contributed by atoms with E-state index < -0.39 is 5.82 Å². The number of aliphatic hydroxyl groups excluding tert-OH is 1. The molecule has 1 aromatic rings. The quantitative estimate of drug-likeness (QED) is 0.761. The van der Waals surface area contributed by atoms with Crippen LogP contribution in [0.25, 0.3) is 0 Å². The van der Waals surface area contributed by atoms with Gasteiger partial charge in [0.25, 0.3) is 0 Å². The number of nitrogens with one attached hydrogen (secondary N) is 1. The molecule has 0 aliphatic heterocycles. The van der Waals surface area contributed by atoms with Crippen LogP contribution in [-0.4, -0.2) is 18.3 Å². The lowest BCUT2D eigenvalue weighted by Crippen LogP contribution is -2.07. The number of hydrogen-bond donors (Lipinski definition) is 2. The first-order valence-corrected chi connectivity index (χ1v) is 3.92. The van der Waals surface area contributed by atoms with Crippen molar-refractivity contribution in [1.29, 1.82) is 0 Å². The first kappa shape index (κ1) is 9.29.